The molecule has 0 bridgehead atoms. The second-order valence-corrected chi connectivity index (χ2v) is 5.35. The molecule has 0 radical (unpaired) electrons. The van der Waals surface area contributed by atoms with Crippen LogP contribution in [0.3, 0.4) is 0 Å². The minimum absolute atomic E-state index is 0.547. The zero-order chi connectivity index (χ0) is 14.7. The fourth-order valence-corrected chi connectivity index (χ4v) is 2.60. The number of aliphatic hydroxyl groups is 1. The number of rotatable bonds is 4. The molecular formula is C16H23NO3. The summed E-state index contributed by atoms with van der Waals surface area (Å²) in [5.74, 6) is 1.54. The zero-order valence-electron chi connectivity index (χ0n) is 12.6. The number of β-amino-alcohol motifs (C(OH)–C–C–N with tert-alkyl or cyclic N) is 1. The van der Waals surface area contributed by atoms with Crippen LogP contribution in [0.1, 0.15) is 31.1 Å². The van der Waals surface area contributed by atoms with Crippen LogP contribution in [0.2, 0.25) is 0 Å². The van der Waals surface area contributed by atoms with Gasteiger partial charge in [0, 0.05) is 30.8 Å². The highest BCUT2D eigenvalue weighted by molar-refractivity contribution is 5.51. The maximum absolute atomic E-state index is 10.4. The standard InChI is InChI=1S/C16H23NO3/c1-11(2)7-8-17-9-12-14(19-3)5-6-15(20-4)16(12)13(18)10-17/h5-7,13,18H,8-10H2,1-4H3. The largest absolute Gasteiger partial charge is 0.496 e. The van der Waals surface area contributed by atoms with Crippen molar-refractivity contribution in [1.82, 2.24) is 4.90 Å². The van der Waals surface area contributed by atoms with E-state index in [4.69, 9.17) is 9.47 Å². The summed E-state index contributed by atoms with van der Waals surface area (Å²) in [7, 11) is 3.29. The Morgan fingerprint density at radius 1 is 1.30 bits per heavy atom. The Morgan fingerprint density at radius 2 is 1.95 bits per heavy atom. The molecule has 1 atom stereocenters. The summed E-state index contributed by atoms with van der Waals surface area (Å²) in [4.78, 5) is 2.21. The second kappa shape index (κ2) is 6.29. The fourth-order valence-electron chi connectivity index (χ4n) is 2.60. The van der Waals surface area contributed by atoms with E-state index in [1.807, 2.05) is 12.1 Å². The van der Waals surface area contributed by atoms with Gasteiger partial charge in [-0.15, -0.1) is 0 Å². The van der Waals surface area contributed by atoms with Crippen LogP contribution >= 0.6 is 0 Å². The Bertz CT molecular complexity index is 507. The minimum atomic E-state index is -0.547. The number of allylic oxidation sites excluding steroid dienone is 1. The SMILES string of the molecule is COc1ccc(OC)c2c1CN(CC=C(C)C)CC2O. The van der Waals surface area contributed by atoms with Crippen molar-refractivity contribution >= 4 is 0 Å². The highest BCUT2D eigenvalue weighted by Crippen LogP contribution is 2.39. The lowest BCUT2D eigenvalue weighted by molar-refractivity contribution is 0.0952. The van der Waals surface area contributed by atoms with Crippen molar-refractivity contribution in [3.05, 3.63) is 34.9 Å². The van der Waals surface area contributed by atoms with Crippen LogP contribution < -0.4 is 9.47 Å². The molecule has 4 heteroatoms. The van der Waals surface area contributed by atoms with Gasteiger partial charge in [0.2, 0.25) is 0 Å². The number of fused-ring (bicyclic) bond motifs is 1. The molecule has 2 rings (SSSR count). The summed E-state index contributed by atoms with van der Waals surface area (Å²) >= 11 is 0. The molecule has 0 saturated heterocycles. The van der Waals surface area contributed by atoms with E-state index in [-0.39, 0.29) is 0 Å². The van der Waals surface area contributed by atoms with Crippen LogP contribution in [-0.4, -0.2) is 37.3 Å². The third-order valence-corrected chi connectivity index (χ3v) is 3.62. The van der Waals surface area contributed by atoms with Gasteiger partial charge in [0.1, 0.15) is 11.5 Å². The maximum Gasteiger partial charge on any atom is 0.125 e. The van der Waals surface area contributed by atoms with Crippen LogP contribution in [0.15, 0.2) is 23.8 Å². The van der Waals surface area contributed by atoms with Crippen LogP contribution in [0.4, 0.5) is 0 Å². The van der Waals surface area contributed by atoms with Gasteiger partial charge in [0.05, 0.1) is 20.3 Å². The lowest BCUT2D eigenvalue weighted by Gasteiger charge is -2.33. The Kier molecular flexibility index (Phi) is 4.68. The highest BCUT2D eigenvalue weighted by Gasteiger charge is 2.28. The second-order valence-electron chi connectivity index (χ2n) is 5.35. The van der Waals surface area contributed by atoms with Crippen molar-refractivity contribution in [2.24, 2.45) is 0 Å². The maximum atomic E-state index is 10.4. The fraction of sp³-hybridized carbons (Fsp3) is 0.500. The smallest absolute Gasteiger partial charge is 0.125 e. The lowest BCUT2D eigenvalue weighted by atomic mass is 9.95. The number of nitrogens with zero attached hydrogens (tertiary/aromatic N) is 1. The van der Waals surface area contributed by atoms with Gasteiger partial charge >= 0.3 is 0 Å². The average Bonchev–Trinajstić information content (AvgIpc) is 2.43. The quantitative estimate of drug-likeness (QED) is 0.859. The van der Waals surface area contributed by atoms with E-state index >= 15 is 0 Å². The molecule has 4 nitrogen and oxygen atoms in total. The van der Waals surface area contributed by atoms with Gasteiger partial charge in [0.15, 0.2) is 0 Å². The van der Waals surface area contributed by atoms with Crippen LogP contribution in [0, 0.1) is 0 Å². The lowest BCUT2D eigenvalue weighted by Crippen LogP contribution is -2.34. The third-order valence-electron chi connectivity index (χ3n) is 3.62. The van der Waals surface area contributed by atoms with Crippen molar-refractivity contribution in [3.63, 3.8) is 0 Å². The van der Waals surface area contributed by atoms with E-state index < -0.39 is 6.10 Å². The van der Waals surface area contributed by atoms with E-state index in [9.17, 15) is 5.11 Å². The molecule has 1 heterocycles. The van der Waals surface area contributed by atoms with Crippen molar-refractivity contribution < 1.29 is 14.6 Å². The molecule has 0 spiro atoms. The molecule has 110 valence electrons. The zero-order valence-corrected chi connectivity index (χ0v) is 12.6. The summed E-state index contributed by atoms with van der Waals surface area (Å²) in [6.45, 7) is 6.37. The normalized spacial score (nSPS) is 18.4. The number of hydrogen-bond acceptors (Lipinski definition) is 4. The van der Waals surface area contributed by atoms with E-state index in [0.29, 0.717) is 6.54 Å². The summed E-state index contributed by atoms with van der Waals surface area (Å²) in [6.07, 6.45) is 1.62. The molecule has 0 aliphatic carbocycles. The van der Waals surface area contributed by atoms with E-state index in [0.717, 1.165) is 35.7 Å². The Morgan fingerprint density at radius 3 is 2.55 bits per heavy atom. The summed E-state index contributed by atoms with van der Waals surface area (Å²) in [5, 5.41) is 10.4. The Labute approximate surface area is 120 Å². The van der Waals surface area contributed by atoms with Gasteiger partial charge in [-0.25, -0.2) is 0 Å². The first-order valence-corrected chi connectivity index (χ1v) is 6.84. The molecule has 1 aliphatic heterocycles. The first kappa shape index (κ1) is 14.9. The first-order valence-electron chi connectivity index (χ1n) is 6.84. The molecule has 1 aromatic rings. The molecule has 1 unspecified atom stereocenters. The summed E-state index contributed by atoms with van der Waals surface area (Å²) < 4.78 is 10.8. The number of hydrogen-bond donors (Lipinski definition) is 1. The molecule has 0 amide bonds. The third kappa shape index (κ3) is 2.97. The summed E-state index contributed by atoms with van der Waals surface area (Å²) in [6, 6.07) is 3.75. The van der Waals surface area contributed by atoms with Crippen LogP contribution in [0.5, 0.6) is 11.5 Å². The van der Waals surface area contributed by atoms with Gasteiger partial charge in [-0.05, 0) is 26.0 Å². The van der Waals surface area contributed by atoms with Crippen LogP contribution in [0.25, 0.3) is 0 Å². The molecule has 0 saturated carbocycles. The molecule has 20 heavy (non-hydrogen) atoms. The summed E-state index contributed by atoms with van der Waals surface area (Å²) in [5.41, 5.74) is 3.16. The monoisotopic (exact) mass is 277 g/mol. The predicted molar refractivity (Wildman–Crippen MR) is 79.2 cm³/mol. The van der Waals surface area contributed by atoms with E-state index in [1.165, 1.54) is 5.57 Å². The molecule has 1 N–H and O–H groups in total. The Balaban J connectivity index is 2.35. The van der Waals surface area contributed by atoms with Gasteiger partial charge in [-0.3, -0.25) is 4.90 Å². The highest BCUT2D eigenvalue weighted by atomic mass is 16.5. The molecule has 1 aromatic carbocycles. The number of benzene rings is 1. The van der Waals surface area contributed by atoms with E-state index in [1.54, 1.807) is 14.2 Å². The van der Waals surface area contributed by atoms with E-state index in [2.05, 4.69) is 24.8 Å². The molecule has 1 aliphatic rings. The topological polar surface area (TPSA) is 41.9 Å². The molecular weight excluding hydrogens is 254 g/mol. The number of ether oxygens (including phenoxy) is 2. The Hall–Kier alpha value is -1.52. The first-order chi connectivity index (χ1) is 9.56. The van der Waals surface area contributed by atoms with Crippen molar-refractivity contribution in [3.8, 4) is 11.5 Å². The van der Waals surface area contributed by atoms with Crippen molar-refractivity contribution in [2.75, 3.05) is 27.3 Å². The van der Waals surface area contributed by atoms with Crippen molar-refractivity contribution in [1.29, 1.82) is 0 Å². The number of methoxy groups -OCH3 is 2. The van der Waals surface area contributed by atoms with Gasteiger partial charge in [0.25, 0.3) is 0 Å². The van der Waals surface area contributed by atoms with Crippen LogP contribution in [-0.2, 0) is 6.54 Å². The molecule has 0 fully saturated rings. The van der Waals surface area contributed by atoms with Gasteiger partial charge < -0.3 is 14.6 Å². The predicted octanol–water partition coefficient (Wildman–Crippen LogP) is 2.52. The average molecular weight is 277 g/mol. The van der Waals surface area contributed by atoms with Gasteiger partial charge in [-0.2, -0.15) is 0 Å². The van der Waals surface area contributed by atoms with Gasteiger partial charge in [-0.1, -0.05) is 11.6 Å². The van der Waals surface area contributed by atoms with Crippen molar-refractivity contribution in [2.45, 2.75) is 26.5 Å². The minimum Gasteiger partial charge on any atom is -0.496 e. The number of aliphatic hydroxyl groups excluding tert-OH is 1. The molecule has 0 aromatic heterocycles.